The second kappa shape index (κ2) is 8.17. The van der Waals surface area contributed by atoms with Crippen molar-refractivity contribution < 1.29 is 18.6 Å². The zero-order chi connectivity index (χ0) is 19.2. The Morgan fingerprint density at radius 3 is 2.11 bits per heavy atom. The molecule has 0 fully saturated rings. The van der Waals surface area contributed by atoms with Crippen LogP contribution >= 0.6 is 0 Å². The van der Waals surface area contributed by atoms with Crippen LogP contribution in [-0.4, -0.2) is 36.5 Å². The van der Waals surface area contributed by atoms with E-state index in [9.17, 15) is 4.39 Å². The second-order valence-electron chi connectivity index (χ2n) is 5.34. The summed E-state index contributed by atoms with van der Waals surface area (Å²) < 4.78 is 29.0. The molecule has 0 aliphatic rings. The van der Waals surface area contributed by atoms with E-state index in [0.29, 0.717) is 34.4 Å². The third kappa shape index (κ3) is 4.32. The third-order valence-electron chi connectivity index (χ3n) is 3.60. The topological polar surface area (TPSA) is 90.4 Å². The monoisotopic (exact) mass is 371 g/mol. The van der Waals surface area contributed by atoms with Crippen LogP contribution in [0.2, 0.25) is 0 Å². The van der Waals surface area contributed by atoms with Crippen LogP contribution in [0, 0.1) is 5.82 Å². The van der Waals surface area contributed by atoms with Crippen molar-refractivity contribution in [3.05, 3.63) is 48.4 Å². The first-order chi connectivity index (χ1) is 13.1. The van der Waals surface area contributed by atoms with E-state index in [1.165, 1.54) is 39.7 Å². The summed E-state index contributed by atoms with van der Waals surface area (Å²) in [4.78, 5) is 4.34. The van der Waals surface area contributed by atoms with Gasteiger partial charge in [-0.2, -0.15) is 10.1 Å². The summed E-state index contributed by atoms with van der Waals surface area (Å²) >= 11 is 0. The van der Waals surface area contributed by atoms with E-state index < -0.39 is 0 Å². The Labute approximate surface area is 155 Å². The van der Waals surface area contributed by atoms with Crippen LogP contribution in [0.5, 0.6) is 17.2 Å². The molecule has 140 valence electrons. The number of aromatic nitrogens is 3. The number of ether oxygens (including phenoxy) is 3. The molecule has 0 spiro atoms. The minimum atomic E-state index is -0.322. The van der Waals surface area contributed by atoms with Crippen LogP contribution in [0.15, 0.2) is 42.6 Å². The van der Waals surface area contributed by atoms with Gasteiger partial charge in [0.05, 0.1) is 27.5 Å². The molecule has 2 aromatic carbocycles. The summed E-state index contributed by atoms with van der Waals surface area (Å²) in [6.07, 6.45) is 1.47. The van der Waals surface area contributed by atoms with Gasteiger partial charge in [0.2, 0.25) is 11.7 Å². The number of methoxy groups -OCH3 is 3. The molecule has 0 saturated carbocycles. The van der Waals surface area contributed by atoms with Gasteiger partial charge < -0.3 is 24.8 Å². The summed E-state index contributed by atoms with van der Waals surface area (Å²) in [6.45, 7) is 0. The van der Waals surface area contributed by atoms with E-state index in [4.69, 9.17) is 14.2 Å². The van der Waals surface area contributed by atoms with E-state index in [1.54, 1.807) is 24.3 Å². The van der Waals surface area contributed by atoms with Gasteiger partial charge in [-0.25, -0.2) is 4.39 Å². The highest BCUT2D eigenvalue weighted by Gasteiger charge is 2.14. The van der Waals surface area contributed by atoms with Crippen molar-refractivity contribution in [3.63, 3.8) is 0 Å². The molecule has 0 amide bonds. The molecule has 1 aromatic heterocycles. The van der Waals surface area contributed by atoms with Gasteiger partial charge in [0.15, 0.2) is 17.3 Å². The van der Waals surface area contributed by atoms with Gasteiger partial charge in [-0.1, -0.05) is 0 Å². The molecule has 27 heavy (non-hydrogen) atoms. The summed E-state index contributed by atoms with van der Waals surface area (Å²) in [6, 6.07) is 9.34. The normalized spacial score (nSPS) is 10.2. The van der Waals surface area contributed by atoms with Crippen molar-refractivity contribution in [1.82, 2.24) is 15.2 Å². The fourth-order valence-corrected chi connectivity index (χ4v) is 2.38. The Bertz CT molecular complexity index is 896. The Balaban J connectivity index is 1.82. The van der Waals surface area contributed by atoms with Crippen molar-refractivity contribution in [2.75, 3.05) is 32.0 Å². The number of benzene rings is 2. The molecule has 8 nitrogen and oxygen atoms in total. The lowest BCUT2D eigenvalue weighted by Crippen LogP contribution is -2.03. The SMILES string of the molecule is COc1cc(Nc2cnnc(Nc3ccc(F)cc3)n2)cc(OC)c1OC. The van der Waals surface area contributed by atoms with E-state index in [-0.39, 0.29) is 11.8 Å². The molecule has 1 heterocycles. The maximum atomic E-state index is 13.0. The minimum Gasteiger partial charge on any atom is -0.493 e. The van der Waals surface area contributed by atoms with Crippen LogP contribution in [-0.2, 0) is 0 Å². The largest absolute Gasteiger partial charge is 0.493 e. The molecule has 0 unspecified atom stereocenters. The van der Waals surface area contributed by atoms with Gasteiger partial charge in [0, 0.05) is 23.5 Å². The number of anilines is 4. The molecule has 0 aliphatic carbocycles. The minimum absolute atomic E-state index is 0.263. The van der Waals surface area contributed by atoms with Crippen molar-refractivity contribution >= 4 is 23.1 Å². The molecular weight excluding hydrogens is 353 g/mol. The summed E-state index contributed by atoms with van der Waals surface area (Å²) in [7, 11) is 4.62. The van der Waals surface area contributed by atoms with Crippen molar-refractivity contribution in [2.45, 2.75) is 0 Å². The molecule has 3 rings (SSSR count). The fraction of sp³-hybridized carbons (Fsp3) is 0.167. The van der Waals surface area contributed by atoms with E-state index in [1.807, 2.05) is 0 Å². The molecule has 3 aromatic rings. The quantitative estimate of drug-likeness (QED) is 0.652. The lowest BCUT2D eigenvalue weighted by molar-refractivity contribution is 0.324. The highest BCUT2D eigenvalue weighted by molar-refractivity contribution is 5.67. The zero-order valence-corrected chi connectivity index (χ0v) is 15.0. The van der Waals surface area contributed by atoms with Crippen LogP contribution in [0.1, 0.15) is 0 Å². The zero-order valence-electron chi connectivity index (χ0n) is 15.0. The second-order valence-corrected chi connectivity index (χ2v) is 5.34. The molecule has 0 atom stereocenters. The van der Waals surface area contributed by atoms with Crippen LogP contribution in [0.4, 0.5) is 27.5 Å². The average molecular weight is 371 g/mol. The number of nitrogens with zero attached hydrogens (tertiary/aromatic N) is 3. The molecule has 0 bridgehead atoms. The average Bonchev–Trinajstić information content (AvgIpc) is 2.69. The third-order valence-corrected chi connectivity index (χ3v) is 3.60. The maximum Gasteiger partial charge on any atom is 0.249 e. The first-order valence-electron chi connectivity index (χ1n) is 7.92. The summed E-state index contributed by atoms with van der Waals surface area (Å²) in [5, 5.41) is 13.9. The van der Waals surface area contributed by atoms with Gasteiger partial charge in [0.25, 0.3) is 0 Å². The smallest absolute Gasteiger partial charge is 0.249 e. The van der Waals surface area contributed by atoms with Gasteiger partial charge in [-0.15, -0.1) is 5.10 Å². The Kier molecular flexibility index (Phi) is 5.50. The van der Waals surface area contributed by atoms with Crippen LogP contribution in [0.3, 0.4) is 0 Å². The van der Waals surface area contributed by atoms with Crippen LogP contribution < -0.4 is 24.8 Å². The number of hydrogen-bond donors (Lipinski definition) is 2. The standard InChI is InChI=1S/C18H18FN5O3/c1-25-14-8-13(9-15(26-2)17(14)27-3)21-16-10-20-24-18(23-16)22-12-6-4-11(19)5-7-12/h4-10H,1-3H3,(H2,21,22,23,24). The predicted molar refractivity (Wildman–Crippen MR) is 98.9 cm³/mol. The van der Waals surface area contributed by atoms with Crippen molar-refractivity contribution in [1.29, 1.82) is 0 Å². The number of nitrogens with one attached hydrogen (secondary N) is 2. The van der Waals surface area contributed by atoms with Gasteiger partial charge >= 0.3 is 0 Å². The Morgan fingerprint density at radius 1 is 0.852 bits per heavy atom. The van der Waals surface area contributed by atoms with Gasteiger partial charge in [-0.05, 0) is 24.3 Å². The lowest BCUT2D eigenvalue weighted by Gasteiger charge is -2.15. The first kappa shape index (κ1) is 18.2. The predicted octanol–water partition coefficient (Wildman–Crippen LogP) is 3.52. The molecule has 9 heteroatoms. The maximum absolute atomic E-state index is 13.0. The number of halogens is 1. The van der Waals surface area contributed by atoms with Gasteiger partial charge in [-0.3, -0.25) is 0 Å². The highest BCUT2D eigenvalue weighted by Crippen LogP contribution is 2.40. The molecule has 0 aliphatic heterocycles. The van der Waals surface area contributed by atoms with Crippen molar-refractivity contribution in [2.24, 2.45) is 0 Å². The number of rotatable bonds is 7. The van der Waals surface area contributed by atoms with Crippen LogP contribution in [0.25, 0.3) is 0 Å². The van der Waals surface area contributed by atoms with E-state index in [0.717, 1.165) is 0 Å². The molecule has 2 N–H and O–H groups in total. The Morgan fingerprint density at radius 2 is 1.52 bits per heavy atom. The van der Waals surface area contributed by atoms with E-state index in [2.05, 4.69) is 25.8 Å². The van der Waals surface area contributed by atoms with E-state index >= 15 is 0 Å². The van der Waals surface area contributed by atoms with Crippen molar-refractivity contribution in [3.8, 4) is 17.2 Å². The fourth-order valence-electron chi connectivity index (χ4n) is 2.38. The highest BCUT2D eigenvalue weighted by atomic mass is 19.1. The summed E-state index contributed by atoms with van der Waals surface area (Å²) in [5.41, 5.74) is 1.31. The summed E-state index contributed by atoms with van der Waals surface area (Å²) in [5.74, 6) is 1.89. The molecule has 0 saturated heterocycles. The van der Waals surface area contributed by atoms with Gasteiger partial charge in [0.1, 0.15) is 5.82 Å². The lowest BCUT2D eigenvalue weighted by atomic mass is 10.2. The molecular formula is C18H18FN5O3. The Hall–Kier alpha value is -3.62. The first-order valence-corrected chi connectivity index (χ1v) is 7.92. The number of hydrogen-bond acceptors (Lipinski definition) is 8. The molecule has 0 radical (unpaired) electrons.